The van der Waals surface area contributed by atoms with Crippen molar-refractivity contribution in [1.82, 2.24) is 0 Å². The molecule has 0 aliphatic carbocycles. The van der Waals surface area contributed by atoms with Crippen molar-refractivity contribution >= 4 is 23.0 Å². The summed E-state index contributed by atoms with van der Waals surface area (Å²) >= 11 is 5.81. The average Bonchev–Trinajstić information content (AvgIpc) is 2.36. The van der Waals surface area contributed by atoms with Crippen LogP contribution in [0.3, 0.4) is 0 Å². The van der Waals surface area contributed by atoms with Crippen LogP contribution in [-0.4, -0.2) is 7.05 Å². The van der Waals surface area contributed by atoms with Gasteiger partial charge in [0.1, 0.15) is 5.82 Å². The Morgan fingerprint density at radius 1 is 1.26 bits per heavy atom. The summed E-state index contributed by atoms with van der Waals surface area (Å²) in [5.41, 5.74) is 9.37. The Morgan fingerprint density at radius 2 is 1.95 bits per heavy atom. The fraction of sp³-hybridized carbons (Fsp3) is 0.200. The highest BCUT2D eigenvalue weighted by atomic mass is 35.5. The minimum atomic E-state index is -0.493. The lowest BCUT2D eigenvalue weighted by Crippen LogP contribution is -2.18. The van der Waals surface area contributed by atoms with Crippen molar-refractivity contribution in [3.05, 3.63) is 58.4 Å². The first-order valence-electron chi connectivity index (χ1n) is 5.99. The van der Waals surface area contributed by atoms with E-state index in [0.29, 0.717) is 12.2 Å². The molecule has 19 heavy (non-hydrogen) atoms. The molecule has 0 atom stereocenters. The number of hydrogen-bond donors (Lipinski definition) is 1. The standard InChI is InChI=1S/C15H16ClFN2/c1-10-5-3-4-6-11(10)9-19(2)15-7-12(16)13(17)8-14(15)18/h3-8H,9,18H2,1-2H3. The van der Waals surface area contributed by atoms with Crippen molar-refractivity contribution < 1.29 is 4.39 Å². The molecule has 0 saturated heterocycles. The van der Waals surface area contributed by atoms with Crippen LogP contribution in [0.2, 0.25) is 5.02 Å². The molecule has 0 saturated carbocycles. The molecule has 4 heteroatoms. The third kappa shape index (κ3) is 2.99. The highest BCUT2D eigenvalue weighted by Gasteiger charge is 2.11. The van der Waals surface area contributed by atoms with Gasteiger partial charge in [-0.25, -0.2) is 4.39 Å². The van der Waals surface area contributed by atoms with Crippen LogP contribution >= 0.6 is 11.6 Å². The van der Waals surface area contributed by atoms with E-state index in [1.165, 1.54) is 17.2 Å². The van der Waals surface area contributed by atoms with Crippen LogP contribution < -0.4 is 10.6 Å². The van der Waals surface area contributed by atoms with Crippen LogP contribution in [0, 0.1) is 12.7 Å². The summed E-state index contributed by atoms with van der Waals surface area (Å²) in [7, 11) is 1.91. The molecule has 0 heterocycles. The molecule has 2 nitrogen and oxygen atoms in total. The molecule has 0 radical (unpaired) electrons. The fourth-order valence-electron chi connectivity index (χ4n) is 2.01. The first-order valence-corrected chi connectivity index (χ1v) is 6.37. The van der Waals surface area contributed by atoms with Crippen molar-refractivity contribution in [3.63, 3.8) is 0 Å². The van der Waals surface area contributed by atoms with E-state index in [-0.39, 0.29) is 5.02 Å². The maximum absolute atomic E-state index is 13.3. The highest BCUT2D eigenvalue weighted by molar-refractivity contribution is 6.31. The molecule has 0 amide bonds. The lowest BCUT2D eigenvalue weighted by molar-refractivity contribution is 0.628. The summed E-state index contributed by atoms with van der Waals surface area (Å²) < 4.78 is 13.3. The molecule has 100 valence electrons. The van der Waals surface area contributed by atoms with Crippen LogP contribution in [-0.2, 0) is 6.54 Å². The number of rotatable bonds is 3. The van der Waals surface area contributed by atoms with E-state index in [1.807, 2.05) is 24.1 Å². The smallest absolute Gasteiger partial charge is 0.143 e. The number of halogens is 2. The Morgan fingerprint density at radius 3 is 2.63 bits per heavy atom. The van der Waals surface area contributed by atoms with Crippen LogP contribution in [0.15, 0.2) is 36.4 Å². The maximum Gasteiger partial charge on any atom is 0.143 e. The molecule has 2 aromatic carbocycles. The van der Waals surface area contributed by atoms with Crippen molar-refractivity contribution in [2.24, 2.45) is 0 Å². The van der Waals surface area contributed by atoms with Crippen molar-refractivity contribution in [2.45, 2.75) is 13.5 Å². The van der Waals surface area contributed by atoms with E-state index >= 15 is 0 Å². The molecule has 0 spiro atoms. The fourth-order valence-corrected chi connectivity index (χ4v) is 2.17. The van der Waals surface area contributed by atoms with Gasteiger partial charge in [0.05, 0.1) is 16.4 Å². The largest absolute Gasteiger partial charge is 0.397 e. The van der Waals surface area contributed by atoms with Gasteiger partial charge in [-0.2, -0.15) is 0 Å². The van der Waals surface area contributed by atoms with Crippen LogP contribution in [0.1, 0.15) is 11.1 Å². The number of hydrogen-bond acceptors (Lipinski definition) is 2. The first-order chi connectivity index (χ1) is 8.99. The molecule has 0 aromatic heterocycles. The van der Waals surface area contributed by atoms with Gasteiger partial charge in [-0.3, -0.25) is 0 Å². The number of benzene rings is 2. The van der Waals surface area contributed by atoms with Gasteiger partial charge in [-0.1, -0.05) is 35.9 Å². The molecule has 2 N–H and O–H groups in total. The van der Waals surface area contributed by atoms with Gasteiger partial charge >= 0.3 is 0 Å². The van der Waals surface area contributed by atoms with E-state index in [2.05, 4.69) is 19.1 Å². The molecule has 0 aliphatic heterocycles. The van der Waals surface area contributed by atoms with Gasteiger partial charge in [0.2, 0.25) is 0 Å². The highest BCUT2D eigenvalue weighted by Crippen LogP contribution is 2.29. The molecule has 0 unspecified atom stereocenters. The second-order valence-electron chi connectivity index (χ2n) is 4.61. The summed E-state index contributed by atoms with van der Waals surface area (Å²) in [6, 6.07) is 10.9. The van der Waals surface area contributed by atoms with Gasteiger partial charge in [0, 0.05) is 19.7 Å². The third-order valence-corrected chi connectivity index (χ3v) is 3.44. The van der Waals surface area contributed by atoms with E-state index in [9.17, 15) is 4.39 Å². The Labute approximate surface area is 117 Å². The molecular weight excluding hydrogens is 263 g/mol. The van der Waals surface area contributed by atoms with Gasteiger partial charge in [-0.05, 0) is 24.1 Å². The number of anilines is 2. The van der Waals surface area contributed by atoms with E-state index in [4.69, 9.17) is 17.3 Å². The topological polar surface area (TPSA) is 29.3 Å². The van der Waals surface area contributed by atoms with E-state index in [1.54, 1.807) is 6.07 Å². The summed E-state index contributed by atoms with van der Waals surface area (Å²) in [5.74, 6) is -0.493. The van der Waals surface area contributed by atoms with Crippen molar-refractivity contribution in [3.8, 4) is 0 Å². The van der Waals surface area contributed by atoms with Crippen LogP contribution in [0.5, 0.6) is 0 Å². The Kier molecular flexibility index (Phi) is 3.96. The minimum Gasteiger partial charge on any atom is -0.397 e. The summed E-state index contributed by atoms with van der Waals surface area (Å²) in [4.78, 5) is 1.96. The summed E-state index contributed by atoms with van der Waals surface area (Å²) in [6.07, 6.45) is 0. The second-order valence-corrected chi connectivity index (χ2v) is 5.01. The lowest BCUT2D eigenvalue weighted by atomic mass is 10.1. The Hall–Kier alpha value is -1.74. The number of nitrogens with two attached hydrogens (primary N) is 1. The number of aryl methyl sites for hydroxylation is 1. The Balaban J connectivity index is 2.28. The SMILES string of the molecule is Cc1ccccc1CN(C)c1cc(Cl)c(F)cc1N. The average molecular weight is 279 g/mol. The third-order valence-electron chi connectivity index (χ3n) is 3.15. The van der Waals surface area contributed by atoms with Crippen LogP contribution in [0.25, 0.3) is 0 Å². The molecule has 2 rings (SSSR count). The second kappa shape index (κ2) is 5.49. The molecule has 0 fully saturated rings. The first kappa shape index (κ1) is 13.7. The zero-order chi connectivity index (χ0) is 14.0. The molecule has 0 aliphatic rings. The monoisotopic (exact) mass is 278 g/mol. The number of nitrogens with zero attached hydrogens (tertiary/aromatic N) is 1. The predicted molar refractivity (Wildman–Crippen MR) is 79.1 cm³/mol. The number of nitrogen functional groups attached to an aromatic ring is 1. The van der Waals surface area contributed by atoms with Gasteiger partial charge in [0.25, 0.3) is 0 Å². The van der Waals surface area contributed by atoms with E-state index in [0.717, 1.165) is 5.69 Å². The molecule has 2 aromatic rings. The van der Waals surface area contributed by atoms with Crippen LogP contribution in [0.4, 0.5) is 15.8 Å². The lowest BCUT2D eigenvalue weighted by Gasteiger charge is -2.22. The summed E-state index contributed by atoms with van der Waals surface area (Å²) in [5, 5.41) is 0.0841. The molecular formula is C15H16ClFN2. The minimum absolute atomic E-state index is 0.0841. The van der Waals surface area contributed by atoms with E-state index < -0.39 is 5.82 Å². The zero-order valence-corrected chi connectivity index (χ0v) is 11.7. The maximum atomic E-state index is 13.3. The zero-order valence-electron chi connectivity index (χ0n) is 11.0. The molecule has 0 bridgehead atoms. The van der Waals surface area contributed by atoms with Crippen molar-refractivity contribution in [1.29, 1.82) is 0 Å². The van der Waals surface area contributed by atoms with Gasteiger partial charge < -0.3 is 10.6 Å². The van der Waals surface area contributed by atoms with Gasteiger partial charge in [0.15, 0.2) is 0 Å². The quantitative estimate of drug-likeness (QED) is 0.860. The van der Waals surface area contributed by atoms with Crippen molar-refractivity contribution in [2.75, 3.05) is 17.7 Å². The predicted octanol–water partition coefficient (Wildman–Crippen LogP) is 4.01. The summed E-state index contributed by atoms with van der Waals surface area (Å²) in [6.45, 7) is 2.75. The normalized spacial score (nSPS) is 10.5. The van der Waals surface area contributed by atoms with Gasteiger partial charge in [-0.15, -0.1) is 0 Å². The Bertz CT molecular complexity index is 599.